The Hall–Kier alpha value is -2.73. The van der Waals surface area contributed by atoms with Gasteiger partial charge in [-0.1, -0.05) is 36.2 Å². The minimum atomic E-state index is -0.425. The van der Waals surface area contributed by atoms with Crippen LogP contribution in [0.25, 0.3) is 11.4 Å². The first kappa shape index (κ1) is 20.0. The number of aromatic nitrogens is 2. The zero-order valence-electron chi connectivity index (χ0n) is 15.6. The maximum absolute atomic E-state index is 13.5. The van der Waals surface area contributed by atoms with Gasteiger partial charge in [0.05, 0.1) is 0 Å². The first-order chi connectivity index (χ1) is 13.6. The summed E-state index contributed by atoms with van der Waals surface area (Å²) < 4.78 is 18.8. The van der Waals surface area contributed by atoms with Gasteiger partial charge in [0.25, 0.3) is 5.91 Å². The van der Waals surface area contributed by atoms with Crippen molar-refractivity contribution in [3.63, 3.8) is 0 Å². The minimum absolute atomic E-state index is 0.203. The monoisotopic (exact) mass is 401 g/mol. The van der Waals surface area contributed by atoms with Crippen molar-refractivity contribution in [2.75, 3.05) is 13.1 Å². The molecule has 0 aliphatic rings. The number of carbonyl (C=O) groups is 1. The van der Waals surface area contributed by atoms with Gasteiger partial charge >= 0.3 is 0 Å². The Labute approximate surface area is 168 Å². The number of hydrogen-bond donors (Lipinski definition) is 0. The zero-order valence-corrected chi connectivity index (χ0v) is 16.3. The van der Waals surface area contributed by atoms with Crippen LogP contribution in [-0.2, 0) is 6.42 Å². The third kappa shape index (κ3) is 5.16. The lowest BCUT2D eigenvalue weighted by molar-refractivity contribution is 0.0751. The molecule has 0 unspecified atom stereocenters. The Balaban J connectivity index is 1.68. The Morgan fingerprint density at radius 2 is 1.96 bits per heavy atom. The zero-order chi connectivity index (χ0) is 19.9. The molecule has 0 saturated heterocycles. The molecule has 2 aromatic carbocycles. The van der Waals surface area contributed by atoms with Gasteiger partial charge in [0, 0.05) is 35.7 Å². The van der Waals surface area contributed by atoms with Gasteiger partial charge in [0.1, 0.15) is 5.82 Å². The van der Waals surface area contributed by atoms with Gasteiger partial charge in [-0.25, -0.2) is 4.39 Å². The second kappa shape index (κ2) is 9.46. The van der Waals surface area contributed by atoms with Crippen LogP contribution >= 0.6 is 11.6 Å². The van der Waals surface area contributed by atoms with Crippen molar-refractivity contribution in [1.29, 1.82) is 0 Å². The molecule has 0 aliphatic heterocycles. The van der Waals surface area contributed by atoms with Crippen LogP contribution in [0, 0.1) is 5.82 Å². The molecule has 0 fully saturated rings. The number of halogens is 2. The van der Waals surface area contributed by atoms with Crippen molar-refractivity contribution in [2.45, 2.75) is 26.2 Å². The van der Waals surface area contributed by atoms with Crippen LogP contribution in [0.2, 0.25) is 5.02 Å². The second-order valence-corrected chi connectivity index (χ2v) is 6.86. The average molecular weight is 402 g/mol. The Morgan fingerprint density at radius 3 is 2.68 bits per heavy atom. The molecule has 146 valence electrons. The minimum Gasteiger partial charge on any atom is -0.339 e. The summed E-state index contributed by atoms with van der Waals surface area (Å²) in [6, 6.07) is 12.9. The van der Waals surface area contributed by atoms with Crippen molar-refractivity contribution in [2.24, 2.45) is 0 Å². The highest BCUT2D eigenvalue weighted by Gasteiger charge is 2.17. The van der Waals surface area contributed by atoms with E-state index < -0.39 is 5.82 Å². The molecule has 7 heteroatoms. The van der Waals surface area contributed by atoms with Gasteiger partial charge in [-0.3, -0.25) is 4.79 Å². The van der Waals surface area contributed by atoms with E-state index in [-0.39, 0.29) is 5.91 Å². The summed E-state index contributed by atoms with van der Waals surface area (Å²) in [5.41, 5.74) is 1.14. The average Bonchev–Trinajstić information content (AvgIpc) is 3.17. The third-order valence-corrected chi connectivity index (χ3v) is 4.56. The first-order valence-corrected chi connectivity index (χ1v) is 9.58. The SMILES string of the molecule is CCCCN(CCc1nc(-c2ccc(Cl)cc2)no1)C(=O)c1cccc(F)c1. The highest BCUT2D eigenvalue weighted by molar-refractivity contribution is 6.30. The summed E-state index contributed by atoms with van der Waals surface area (Å²) in [4.78, 5) is 18.9. The molecule has 0 atom stereocenters. The molecule has 0 N–H and O–H groups in total. The molecule has 1 heterocycles. The van der Waals surface area contributed by atoms with Crippen LogP contribution in [0.1, 0.15) is 36.0 Å². The van der Waals surface area contributed by atoms with Gasteiger partial charge in [0.2, 0.25) is 11.7 Å². The normalized spacial score (nSPS) is 10.8. The van der Waals surface area contributed by atoms with Gasteiger partial charge in [-0.15, -0.1) is 0 Å². The first-order valence-electron chi connectivity index (χ1n) is 9.20. The summed E-state index contributed by atoms with van der Waals surface area (Å²) in [7, 11) is 0. The number of nitrogens with zero attached hydrogens (tertiary/aromatic N) is 3. The molecule has 0 aliphatic carbocycles. The van der Waals surface area contributed by atoms with E-state index in [0.717, 1.165) is 18.4 Å². The van der Waals surface area contributed by atoms with Crippen molar-refractivity contribution in [3.05, 3.63) is 70.8 Å². The van der Waals surface area contributed by atoms with E-state index in [0.29, 0.717) is 41.8 Å². The summed E-state index contributed by atoms with van der Waals surface area (Å²) in [6.45, 7) is 3.06. The Bertz CT molecular complexity index is 927. The molecule has 28 heavy (non-hydrogen) atoms. The third-order valence-electron chi connectivity index (χ3n) is 4.31. The van der Waals surface area contributed by atoms with E-state index in [4.69, 9.17) is 16.1 Å². The lowest BCUT2D eigenvalue weighted by atomic mass is 10.1. The fraction of sp³-hybridized carbons (Fsp3) is 0.286. The van der Waals surface area contributed by atoms with Crippen LogP contribution in [0.15, 0.2) is 53.1 Å². The number of amides is 1. The van der Waals surface area contributed by atoms with Gasteiger partial charge < -0.3 is 9.42 Å². The predicted octanol–water partition coefficient (Wildman–Crippen LogP) is 5.01. The fourth-order valence-corrected chi connectivity index (χ4v) is 2.90. The van der Waals surface area contributed by atoms with E-state index in [9.17, 15) is 9.18 Å². The molecule has 0 saturated carbocycles. The van der Waals surface area contributed by atoms with Crippen LogP contribution in [0.3, 0.4) is 0 Å². The molecular formula is C21H21ClFN3O2. The van der Waals surface area contributed by atoms with Crippen LogP contribution in [0.5, 0.6) is 0 Å². The van der Waals surface area contributed by atoms with Gasteiger partial charge in [0.15, 0.2) is 0 Å². The Morgan fingerprint density at radius 1 is 1.18 bits per heavy atom. The molecule has 3 rings (SSSR count). The van der Waals surface area contributed by atoms with E-state index in [2.05, 4.69) is 17.1 Å². The van der Waals surface area contributed by atoms with E-state index in [1.54, 1.807) is 23.1 Å². The number of unbranched alkanes of at least 4 members (excludes halogenated alkanes) is 1. The highest BCUT2D eigenvalue weighted by atomic mass is 35.5. The maximum atomic E-state index is 13.5. The van der Waals surface area contributed by atoms with Crippen LogP contribution < -0.4 is 0 Å². The molecular weight excluding hydrogens is 381 g/mol. The predicted molar refractivity (Wildman–Crippen MR) is 106 cm³/mol. The molecule has 1 amide bonds. The lowest BCUT2D eigenvalue weighted by Crippen LogP contribution is -2.34. The quantitative estimate of drug-likeness (QED) is 0.532. The van der Waals surface area contributed by atoms with Crippen molar-refractivity contribution < 1.29 is 13.7 Å². The molecule has 5 nitrogen and oxygen atoms in total. The van der Waals surface area contributed by atoms with E-state index in [1.807, 2.05) is 12.1 Å². The molecule has 3 aromatic rings. The smallest absolute Gasteiger partial charge is 0.253 e. The summed E-state index contributed by atoms with van der Waals surface area (Å²) in [6.07, 6.45) is 2.24. The molecule has 0 radical (unpaired) electrons. The standard InChI is InChI=1S/C21H21ClFN3O2/c1-2-3-12-26(21(27)16-5-4-6-18(23)14-16)13-11-19-24-20(25-28-19)15-7-9-17(22)10-8-15/h4-10,14H,2-3,11-13H2,1H3. The molecule has 0 spiro atoms. The Kier molecular flexibility index (Phi) is 6.76. The van der Waals surface area contributed by atoms with E-state index in [1.165, 1.54) is 18.2 Å². The maximum Gasteiger partial charge on any atom is 0.253 e. The fourth-order valence-electron chi connectivity index (χ4n) is 2.77. The molecule has 1 aromatic heterocycles. The van der Waals surface area contributed by atoms with Gasteiger partial charge in [-0.05, 0) is 48.9 Å². The second-order valence-electron chi connectivity index (χ2n) is 6.42. The number of benzene rings is 2. The summed E-state index contributed by atoms with van der Waals surface area (Å²) in [5, 5.41) is 4.62. The largest absolute Gasteiger partial charge is 0.339 e. The number of carbonyl (C=O) groups excluding carboxylic acids is 1. The summed E-state index contributed by atoms with van der Waals surface area (Å²) >= 11 is 5.90. The van der Waals surface area contributed by atoms with Gasteiger partial charge in [-0.2, -0.15) is 4.98 Å². The summed E-state index contributed by atoms with van der Waals surface area (Å²) in [5.74, 6) is 0.290. The van der Waals surface area contributed by atoms with Crippen LogP contribution in [0.4, 0.5) is 4.39 Å². The number of rotatable bonds is 8. The van der Waals surface area contributed by atoms with Crippen molar-refractivity contribution >= 4 is 17.5 Å². The van der Waals surface area contributed by atoms with Crippen molar-refractivity contribution in [1.82, 2.24) is 15.0 Å². The van der Waals surface area contributed by atoms with Crippen LogP contribution in [-0.4, -0.2) is 34.0 Å². The molecule has 0 bridgehead atoms. The van der Waals surface area contributed by atoms with E-state index >= 15 is 0 Å². The van der Waals surface area contributed by atoms with Crippen molar-refractivity contribution in [3.8, 4) is 11.4 Å². The number of hydrogen-bond acceptors (Lipinski definition) is 4. The topological polar surface area (TPSA) is 59.2 Å². The lowest BCUT2D eigenvalue weighted by Gasteiger charge is -2.22. The highest BCUT2D eigenvalue weighted by Crippen LogP contribution is 2.19.